The Kier molecular flexibility index (Phi) is 2.64. The summed E-state index contributed by atoms with van der Waals surface area (Å²) < 4.78 is 18.0. The maximum absolute atomic E-state index is 12.7. The third kappa shape index (κ3) is 1.68. The highest BCUT2D eigenvalue weighted by Crippen LogP contribution is 2.22. The molecule has 0 heterocycles. The van der Waals surface area contributed by atoms with Crippen LogP contribution >= 0.6 is 25.4 Å². The van der Waals surface area contributed by atoms with Crippen LogP contribution in [0.15, 0.2) is 22.7 Å². The molecule has 1 aromatic carbocycles. The van der Waals surface area contributed by atoms with E-state index in [-0.39, 0.29) is 11.6 Å². The van der Waals surface area contributed by atoms with Crippen LogP contribution in [-0.4, -0.2) is 0 Å². The summed E-state index contributed by atoms with van der Waals surface area (Å²) in [6.07, 6.45) is 0. The lowest BCUT2D eigenvalue weighted by Gasteiger charge is -1.99. The van der Waals surface area contributed by atoms with E-state index in [1.165, 1.54) is 6.07 Å². The van der Waals surface area contributed by atoms with Crippen LogP contribution in [0.4, 0.5) is 4.39 Å². The second-order valence-corrected chi connectivity index (χ2v) is 2.84. The topological polar surface area (TPSA) is 9.23 Å². The number of hydrogen-bond donors (Lipinski definition) is 0. The molecule has 1 nitrogen and oxygen atoms in total. The van der Waals surface area contributed by atoms with Gasteiger partial charge in [-0.05, 0) is 18.2 Å². The predicted octanol–water partition coefficient (Wildman–Crippen LogP) is 2.76. The standard InChI is InChI=1S/C6H5BrFOP/c7-4-1-2-6(9-10)5(8)3-4/h1-3H,10H2. The van der Waals surface area contributed by atoms with Crippen LogP contribution < -0.4 is 4.52 Å². The minimum atomic E-state index is -0.371. The van der Waals surface area contributed by atoms with Gasteiger partial charge in [0.15, 0.2) is 11.6 Å². The smallest absolute Gasteiger partial charge is 0.166 e. The molecule has 0 aliphatic carbocycles. The molecule has 4 heteroatoms. The lowest BCUT2D eigenvalue weighted by Crippen LogP contribution is -1.80. The molecule has 1 atom stereocenters. The van der Waals surface area contributed by atoms with Crippen molar-refractivity contribution >= 4 is 25.4 Å². The van der Waals surface area contributed by atoms with Crippen molar-refractivity contribution < 1.29 is 8.91 Å². The Labute approximate surface area is 69.0 Å². The van der Waals surface area contributed by atoms with Crippen molar-refractivity contribution in [3.8, 4) is 5.75 Å². The van der Waals surface area contributed by atoms with Gasteiger partial charge in [0.2, 0.25) is 0 Å². The normalized spacial score (nSPS) is 9.50. The van der Waals surface area contributed by atoms with E-state index in [2.05, 4.69) is 20.5 Å². The molecule has 0 aromatic heterocycles. The summed E-state index contributed by atoms with van der Waals surface area (Å²) >= 11 is 3.12. The van der Waals surface area contributed by atoms with Crippen molar-refractivity contribution in [3.63, 3.8) is 0 Å². The SMILES string of the molecule is Fc1cc(Br)ccc1OP. The van der Waals surface area contributed by atoms with Crippen LogP contribution in [0.1, 0.15) is 0 Å². The minimum Gasteiger partial charge on any atom is -0.477 e. The summed E-state index contributed by atoms with van der Waals surface area (Å²) in [5, 5.41) is 0. The first-order valence-corrected chi connectivity index (χ1v) is 3.82. The largest absolute Gasteiger partial charge is 0.477 e. The number of halogens is 2. The van der Waals surface area contributed by atoms with Gasteiger partial charge in [-0.2, -0.15) is 0 Å². The first-order valence-electron chi connectivity index (χ1n) is 2.56. The van der Waals surface area contributed by atoms with Crippen molar-refractivity contribution in [3.05, 3.63) is 28.5 Å². The Morgan fingerprint density at radius 1 is 1.50 bits per heavy atom. The summed E-state index contributed by atoms with van der Waals surface area (Å²) in [5.74, 6) is -0.141. The van der Waals surface area contributed by atoms with Crippen molar-refractivity contribution in [2.45, 2.75) is 0 Å². The highest BCUT2D eigenvalue weighted by atomic mass is 79.9. The molecule has 1 rings (SSSR count). The van der Waals surface area contributed by atoms with Gasteiger partial charge in [0.1, 0.15) is 0 Å². The van der Waals surface area contributed by atoms with E-state index >= 15 is 0 Å². The fourth-order valence-corrected chi connectivity index (χ4v) is 1.10. The monoisotopic (exact) mass is 222 g/mol. The van der Waals surface area contributed by atoms with Gasteiger partial charge in [-0.25, -0.2) is 4.39 Å². The molecule has 0 saturated carbocycles. The molecular weight excluding hydrogens is 218 g/mol. The number of rotatable bonds is 1. The summed E-state index contributed by atoms with van der Waals surface area (Å²) in [5.41, 5.74) is 0. The van der Waals surface area contributed by atoms with E-state index in [1.54, 1.807) is 12.1 Å². The second kappa shape index (κ2) is 3.31. The van der Waals surface area contributed by atoms with E-state index < -0.39 is 0 Å². The molecule has 0 aliphatic rings. The summed E-state index contributed by atoms with van der Waals surface area (Å²) in [4.78, 5) is 0. The highest BCUT2D eigenvalue weighted by molar-refractivity contribution is 9.10. The van der Waals surface area contributed by atoms with E-state index in [4.69, 9.17) is 0 Å². The van der Waals surface area contributed by atoms with Crippen molar-refractivity contribution in [2.24, 2.45) is 0 Å². The average molecular weight is 223 g/mol. The van der Waals surface area contributed by atoms with Crippen molar-refractivity contribution in [1.82, 2.24) is 0 Å². The van der Waals surface area contributed by atoms with Gasteiger partial charge in [-0.3, -0.25) is 0 Å². The van der Waals surface area contributed by atoms with Gasteiger partial charge < -0.3 is 4.52 Å². The Balaban J connectivity index is 3.07. The molecule has 0 aliphatic heterocycles. The Morgan fingerprint density at radius 3 is 2.70 bits per heavy atom. The summed E-state index contributed by atoms with van der Waals surface area (Å²) in [6, 6.07) is 4.61. The quantitative estimate of drug-likeness (QED) is 0.665. The first-order chi connectivity index (χ1) is 4.74. The van der Waals surface area contributed by atoms with Crippen LogP contribution in [0.3, 0.4) is 0 Å². The van der Waals surface area contributed by atoms with Crippen LogP contribution in [0.2, 0.25) is 0 Å². The zero-order chi connectivity index (χ0) is 7.56. The van der Waals surface area contributed by atoms with Gasteiger partial charge in [0, 0.05) is 4.47 Å². The van der Waals surface area contributed by atoms with E-state index in [1.807, 2.05) is 9.47 Å². The second-order valence-electron chi connectivity index (χ2n) is 1.69. The Bertz CT molecular complexity index is 241. The summed E-state index contributed by atoms with van der Waals surface area (Å²) in [7, 11) is 1.99. The van der Waals surface area contributed by atoms with Crippen LogP contribution in [0.25, 0.3) is 0 Å². The zero-order valence-electron chi connectivity index (χ0n) is 4.97. The van der Waals surface area contributed by atoms with Gasteiger partial charge in [-0.1, -0.05) is 15.9 Å². The minimum absolute atomic E-state index is 0.230. The fourth-order valence-electron chi connectivity index (χ4n) is 0.571. The van der Waals surface area contributed by atoms with Gasteiger partial charge in [0.25, 0.3) is 0 Å². The first kappa shape index (κ1) is 7.96. The van der Waals surface area contributed by atoms with E-state index in [0.29, 0.717) is 4.47 Å². The highest BCUT2D eigenvalue weighted by Gasteiger charge is 2.00. The molecule has 0 fully saturated rings. The average Bonchev–Trinajstić information content (AvgIpc) is 1.88. The van der Waals surface area contributed by atoms with Crippen LogP contribution in [0.5, 0.6) is 5.75 Å². The number of hydrogen-bond acceptors (Lipinski definition) is 1. The lowest BCUT2D eigenvalue weighted by molar-refractivity contribution is 0.541. The zero-order valence-corrected chi connectivity index (χ0v) is 7.71. The lowest BCUT2D eigenvalue weighted by atomic mass is 10.3. The molecule has 0 N–H and O–H groups in total. The van der Waals surface area contributed by atoms with Gasteiger partial charge in [0.05, 0.1) is 9.47 Å². The van der Waals surface area contributed by atoms with E-state index in [0.717, 1.165) is 0 Å². The van der Waals surface area contributed by atoms with Crippen molar-refractivity contribution in [1.29, 1.82) is 0 Å². The third-order valence-electron chi connectivity index (χ3n) is 1.02. The predicted molar refractivity (Wildman–Crippen MR) is 44.4 cm³/mol. The molecule has 1 unspecified atom stereocenters. The summed E-state index contributed by atoms with van der Waals surface area (Å²) in [6.45, 7) is 0. The molecule has 0 spiro atoms. The Hall–Kier alpha value is -0.140. The maximum atomic E-state index is 12.7. The molecule has 0 bridgehead atoms. The maximum Gasteiger partial charge on any atom is 0.166 e. The number of benzene rings is 1. The molecule has 0 radical (unpaired) electrons. The fraction of sp³-hybridized carbons (Fsp3) is 0. The molecule has 54 valence electrons. The van der Waals surface area contributed by atoms with Gasteiger partial charge in [-0.15, -0.1) is 0 Å². The molecule has 1 aromatic rings. The van der Waals surface area contributed by atoms with Crippen LogP contribution in [-0.2, 0) is 0 Å². The third-order valence-corrected chi connectivity index (χ3v) is 1.77. The molecule has 0 amide bonds. The van der Waals surface area contributed by atoms with Crippen LogP contribution in [0, 0.1) is 5.82 Å². The van der Waals surface area contributed by atoms with E-state index in [9.17, 15) is 4.39 Å². The van der Waals surface area contributed by atoms with Crippen molar-refractivity contribution in [2.75, 3.05) is 0 Å². The molecular formula is C6H5BrFOP. The molecule has 0 saturated heterocycles. The van der Waals surface area contributed by atoms with Gasteiger partial charge >= 0.3 is 0 Å². The molecule has 10 heavy (non-hydrogen) atoms. The Morgan fingerprint density at radius 2 is 2.20 bits per heavy atom.